The third kappa shape index (κ3) is 4.67. The number of carbonyl (C=O) groups excluding carboxylic acids is 2. The Morgan fingerprint density at radius 1 is 0.966 bits per heavy atom. The van der Waals surface area contributed by atoms with Gasteiger partial charge in [0.2, 0.25) is 0 Å². The van der Waals surface area contributed by atoms with Crippen molar-refractivity contribution in [2.24, 2.45) is 11.8 Å². The molecule has 0 saturated heterocycles. The van der Waals surface area contributed by atoms with E-state index < -0.39 is 5.97 Å². The van der Waals surface area contributed by atoms with Crippen LogP contribution in [0, 0.1) is 11.8 Å². The second kappa shape index (κ2) is 8.77. The summed E-state index contributed by atoms with van der Waals surface area (Å²) >= 11 is 0. The molecule has 0 bridgehead atoms. The number of esters is 1. The van der Waals surface area contributed by atoms with Crippen LogP contribution in [-0.4, -0.2) is 17.9 Å². The maximum atomic E-state index is 12.8. The van der Waals surface area contributed by atoms with Crippen molar-refractivity contribution < 1.29 is 14.3 Å². The molecule has 0 heterocycles. The molecule has 3 atom stereocenters. The minimum absolute atomic E-state index is 0.106. The molecule has 3 heteroatoms. The van der Waals surface area contributed by atoms with E-state index in [1.54, 1.807) is 24.3 Å². The SMILES string of the molecule is C=C(C(=O)O[C@@H]1C[C@H](C)CC[C@H]1C(C)(C)c1ccccc1)C(=O)c1ccccc1. The Bertz CT molecular complexity index is 867. The lowest BCUT2D eigenvalue weighted by atomic mass is 9.64. The Balaban J connectivity index is 1.78. The number of hydrogen-bond acceptors (Lipinski definition) is 3. The molecule has 0 aromatic heterocycles. The van der Waals surface area contributed by atoms with E-state index in [4.69, 9.17) is 4.74 Å². The number of carbonyl (C=O) groups is 2. The first-order valence-corrected chi connectivity index (χ1v) is 10.4. The second-order valence-corrected chi connectivity index (χ2v) is 8.73. The molecule has 152 valence electrons. The molecule has 1 aliphatic carbocycles. The van der Waals surface area contributed by atoms with Crippen molar-refractivity contribution in [3.63, 3.8) is 0 Å². The van der Waals surface area contributed by atoms with E-state index in [9.17, 15) is 9.59 Å². The molecule has 1 fully saturated rings. The van der Waals surface area contributed by atoms with Crippen molar-refractivity contribution in [1.29, 1.82) is 0 Å². The first-order chi connectivity index (χ1) is 13.8. The van der Waals surface area contributed by atoms with Gasteiger partial charge in [-0.25, -0.2) is 4.79 Å². The van der Waals surface area contributed by atoms with E-state index in [2.05, 4.69) is 39.5 Å². The summed E-state index contributed by atoms with van der Waals surface area (Å²) in [7, 11) is 0. The minimum atomic E-state index is -0.605. The van der Waals surface area contributed by atoms with Crippen molar-refractivity contribution in [2.45, 2.75) is 51.6 Å². The lowest BCUT2D eigenvalue weighted by Crippen LogP contribution is -2.43. The summed E-state index contributed by atoms with van der Waals surface area (Å²) in [6.45, 7) is 10.4. The number of ketones is 1. The first kappa shape index (κ1) is 21.0. The zero-order valence-corrected chi connectivity index (χ0v) is 17.6. The highest BCUT2D eigenvalue weighted by Gasteiger charge is 2.42. The molecule has 3 nitrogen and oxygen atoms in total. The molecule has 0 amide bonds. The van der Waals surface area contributed by atoms with Crippen molar-refractivity contribution in [3.8, 4) is 0 Å². The Kier molecular flexibility index (Phi) is 6.36. The van der Waals surface area contributed by atoms with E-state index in [-0.39, 0.29) is 28.8 Å². The highest BCUT2D eigenvalue weighted by Crippen LogP contribution is 2.43. The zero-order chi connectivity index (χ0) is 21.0. The Labute approximate surface area is 173 Å². The van der Waals surface area contributed by atoms with Crippen LogP contribution in [0.2, 0.25) is 0 Å². The van der Waals surface area contributed by atoms with Crippen molar-refractivity contribution >= 4 is 11.8 Å². The largest absolute Gasteiger partial charge is 0.458 e. The van der Waals surface area contributed by atoms with Gasteiger partial charge < -0.3 is 4.74 Å². The third-order valence-electron chi connectivity index (χ3n) is 6.31. The van der Waals surface area contributed by atoms with Gasteiger partial charge in [0.15, 0.2) is 5.78 Å². The van der Waals surface area contributed by atoms with Gasteiger partial charge in [-0.05, 0) is 29.7 Å². The fraction of sp³-hybridized carbons (Fsp3) is 0.385. The Hall–Kier alpha value is -2.68. The van der Waals surface area contributed by atoms with Gasteiger partial charge in [-0.2, -0.15) is 0 Å². The lowest BCUT2D eigenvalue weighted by Gasteiger charge is -2.44. The van der Waals surface area contributed by atoms with E-state index >= 15 is 0 Å². The van der Waals surface area contributed by atoms with Crippen molar-refractivity contribution in [2.75, 3.05) is 0 Å². The maximum absolute atomic E-state index is 12.8. The molecular weight excluding hydrogens is 360 g/mol. The summed E-state index contributed by atoms with van der Waals surface area (Å²) in [5, 5.41) is 0. The molecule has 0 spiro atoms. The number of ether oxygens (including phenoxy) is 1. The lowest BCUT2D eigenvalue weighted by molar-refractivity contribution is -0.151. The fourth-order valence-electron chi connectivity index (χ4n) is 4.43. The monoisotopic (exact) mass is 390 g/mol. The van der Waals surface area contributed by atoms with Crippen LogP contribution in [0.5, 0.6) is 0 Å². The molecular formula is C26H30O3. The molecule has 0 aliphatic heterocycles. The van der Waals surface area contributed by atoms with Gasteiger partial charge >= 0.3 is 5.97 Å². The Morgan fingerprint density at radius 2 is 1.55 bits per heavy atom. The molecule has 1 aliphatic rings. The summed E-state index contributed by atoms with van der Waals surface area (Å²) < 4.78 is 5.93. The molecule has 2 aromatic rings. The van der Waals surface area contributed by atoms with Gasteiger partial charge in [-0.15, -0.1) is 0 Å². The fourth-order valence-corrected chi connectivity index (χ4v) is 4.43. The Morgan fingerprint density at radius 3 is 2.17 bits per heavy atom. The average Bonchev–Trinajstić information content (AvgIpc) is 2.73. The van der Waals surface area contributed by atoms with E-state index in [1.807, 2.05) is 24.3 Å². The standard InChI is InChI=1S/C26H30O3/c1-18-15-16-22(26(3,4)21-13-9-6-10-14-21)23(17-18)29-25(28)19(2)24(27)20-11-7-5-8-12-20/h5-14,18,22-23H,2,15-17H2,1,3-4H3/t18-,22-,23-/m1/s1. The van der Waals surface area contributed by atoms with Crippen LogP contribution >= 0.6 is 0 Å². The van der Waals surface area contributed by atoms with Crippen LogP contribution in [0.3, 0.4) is 0 Å². The van der Waals surface area contributed by atoms with Crippen LogP contribution in [0.25, 0.3) is 0 Å². The van der Waals surface area contributed by atoms with Gasteiger partial charge in [0.05, 0.1) is 0 Å². The number of benzene rings is 2. The highest BCUT2D eigenvalue weighted by atomic mass is 16.5. The first-order valence-electron chi connectivity index (χ1n) is 10.4. The normalized spacial score (nSPS) is 22.0. The van der Waals surface area contributed by atoms with Crippen molar-refractivity contribution in [3.05, 3.63) is 83.9 Å². The summed E-state index contributed by atoms with van der Waals surface area (Å²) in [6, 6.07) is 19.1. The van der Waals surface area contributed by atoms with Crippen molar-refractivity contribution in [1.82, 2.24) is 0 Å². The highest BCUT2D eigenvalue weighted by molar-refractivity contribution is 6.23. The summed E-state index contributed by atoms with van der Waals surface area (Å²) in [6.07, 6.45) is 2.67. The number of Topliss-reactive ketones (excluding diaryl/α,β-unsaturated/α-hetero) is 1. The summed E-state index contributed by atoms with van der Waals surface area (Å²) in [4.78, 5) is 25.4. The average molecular weight is 391 g/mol. The van der Waals surface area contributed by atoms with Crippen LogP contribution in [0.4, 0.5) is 0 Å². The van der Waals surface area contributed by atoms with E-state index in [1.165, 1.54) is 5.56 Å². The predicted molar refractivity (Wildman–Crippen MR) is 116 cm³/mol. The molecule has 3 rings (SSSR count). The van der Waals surface area contributed by atoms with Gasteiger partial charge in [-0.1, -0.05) is 94.4 Å². The third-order valence-corrected chi connectivity index (χ3v) is 6.31. The van der Waals surface area contributed by atoms with Gasteiger partial charge in [0.25, 0.3) is 0 Å². The quantitative estimate of drug-likeness (QED) is 0.207. The van der Waals surface area contributed by atoms with Crippen LogP contribution in [0.15, 0.2) is 72.8 Å². The second-order valence-electron chi connectivity index (χ2n) is 8.73. The van der Waals surface area contributed by atoms with Gasteiger partial charge in [-0.3, -0.25) is 4.79 Å². The molecule has 1 saturated carbocycles. The minimum Gasteiger partial charge on any atom is -0.458 e. The van der Waals surface area contributed by atoms with Crippen LogP contribution in [0.1, 0.15) is 56.0 Å². The molecule has 0 unspecified atom stereocenters. The summed E-state index contributed by atoms with van der Waals surface area (Å²) in [5.41, 5.74) is 1.44. The predicted octanol–water partition coefficient (Wildman–Crippen LogP) is 5.75. The molecule has 0 radical (unpaired) electrons. The van der Waals surface area contributed by atoms with E-state index in [0.717, 1.165) is 19.3 Å². The number of rotatable bonds is 6. The smallest absolute Gasteiger partial charge is 0.341 e. The molecule has 29 heavy (non-hydrogen) atoms. The number of hydrogen-bond donors (Lipinski definition) is 0. The zero-order valence-electron chi connectivity index (χ0n) is 17.6. The van der Waals surface area contributed by atoms with Gasteiger partial charge in [0.1, 0.15) is 11.7 Å². The molecule has 2 aromatic carbocycles. The maximum Gasteiger partial charge on any atom is 0.341 e. The van der Waals surface area contributed by atoms with Crippen LogP contribution < -0.4 is 0 Å². The summed E-state index contributed by atoms with van der Waals surface area (Å²) in [5.74, 6) is -0.316. The van der Waals surface area contributed by atoms with E-state index in [0.29, 0.717) is 11.5 Å². The molecule has 0 N–H and O–H groups in total. The van der Waals surface area contributed by atoms with Crippen LogP contribution in [-0.2, 0) is 14.9 Å². The topological polar surface area (TPSA) is 43.4 Å². The van der Waals surface area contributed by atoms with Gasteiger partial charge in [0, 0.05) is 11.5 Å².